The van der Waals surface area contributed by atoms with E-state index in [4.69, 9.17) is 11.6 Å². The summed E-state index contributed by atoms with van der Waals surface area (Å²) in [5, 5.41) is 2.24. The van der Waals surface area contributed by atoms with E-state index in [2.05, 4.69) is 20.3 Å². The molecule has 0 aliphatic carbocycles. The quantitative estimate of drug-likeness (QED) is 0.294. The Labute approximate surface area is 208 Å². The van der Waals surface area contributed by atoms with Crippen molar-refractivity contribution in [1.82, 2.24) is 15.0 Å². The van der Waals surface area contributed by atoms with Crippen LogP contribution in [0.2, 0.25) is 5.02 Å². The maximum Gasteiger partial charge on any atom is 0.255 e. The molecule has 6 nitrogen and oxygen atoms in total. The molecule has 0 atom stereocenters. The molecular weight excluding hydrogens is 486 g/mol. The van der Waals surface area contributed by atoms with Crippen molar-refractivity contribution in [1.29, 1.82) is 0 Å². The molecule has 2 aromatic heterocycles. The molecule has 2 heterocycles. The Morgan fingerprint density at radius 1 is 0.861 bits per heavy atom. The minimum atomic E-state index is -1.01. The Morgan fingerprint density at radius 2 is 1.72 bits per heavy atom. The molecule has 0 saturated carbocycles. The van der Waals surface area contributed by atoms with Crippen LogP contribution in [0.3, 0.4) is 0 Å². The third-order valence-corrected chi connectivity index (χ3v) is 5.73. The summed E-state index contributed by atoms with van der Waals surface area (Å²) < 4.78 is 28.9. The van der Waals surface area contributed by atoms with Gasteiger partial charge in [-0.05, 0) is 60.7 Å². The number of carbonyl (C=O) groups excluding carboxylic acids is 2. The van der Waals surface area contributed by atoms with Gasteiger partial charge in [0.2, 0.25) is 0 Å². The average Bonchev–Trinajstić information content (AvgIpc) is 2.90. The monoisotopic (exact) mass is 500 g/mol. The van der Waals surface area contributed by atoms with Gasteiger partial charge in [-0.1, -0.05) is 17.7 Å². The highest BCUT2D eigenvalue weighted by molar-refractivity contribution is 6.35. The lowest BCUT2D eigenvalue weighted by Crippen LogP contribution is -2.15. The maximum absolute atomic E-state index is 15.4. The van der Waals surface area contributed by atoms with Gasteiger partial charge in [-0.2, -0.15) is 0 Å². The van der Waals surface area contributed by atoms with Crippen molar-refractivity contribution in [3.05, 3.63) is 119 Å². The second-order valence-corrected chi connectivity index (χ2v) is 8.19. The molecule has 0 unspecified atom stereocenters. The van der Waals surface area contributed by atoms with Crippen LogP contribution in [0.25, 0.3) is 22.3 Å². The van der Waals surface area contributed by atoms with E-state index in [0.717, 1.165) is 11.6 Å². The molecular formula is C27H15ClF2N4O2. The molecule has 5 rings (SSSR count). The summed E-state index contributed by atoms with van der Waals surface area (Å²) in [5.41, 5.74) is 1.73. The second-order valence-electron chi connectivity index (χ2n) is 7.78. The van der Waals surface area contributed by atoms with Gasteiger partial charge in [0.15, 0.2) is 11.6 Å². The first kappa shape index (κ1) is 23.2. The van der Waals surface area contributed by atoms with Gasteiger partial charge in [0.05, 0.1) is 39.2 Å². The fourth-order valence-corrected chi connectivity index (χ4v) is 3.86. The summed E-state index contributed by atoms with van der Waals surface area (Å²) >= 11 is 6.19. The first-order chi connectivity index (χ1) is 17.4. The van der Waals surface area contributed by atoms with Gasteiger partial charge >= 0.3 is 0 Å². The van der Waals surface area contributed by atoms with Crippen LogP contribution in [0.5, 0.6) is 0 Å². The maximum atomic E-state index is 15.4. The molecule has 0 spiro atoms. The smallest absolute Gasteiger partial charge is 0.255 e. The van der Waals surface area contributed by atoms with Crippen LogP contribution < -0.4 is 5.32 Å². The molecule has 0 fully saturated rings. The highest BCUT2D eigenvalue weighted by Crippen LogP contribution is 2.29. The van der Waals surface area contributed by atoms with Gasteiger partial charge in [-0.15, -0.1) is 0 Å². The van der Waals surface area contributed by atoms with Crippen LogP contribution in [0.4, 0.5) is 14.5 Å². The van der Waals surface area contributed by atoms with Crippen molar-refractivity contribution in [2.45, 2.75) is 0 Å². The van der Waals surface area contributed by atoms with Crippen molar-refractivity contribution < 1.29 is 18.4 Å². The lowest BCUT2D eigenvalue weighted by atomic mass is 10.0. The van der Waals surface area contributed by atoms with Crippen LogP contribution in [-0.2, 0) is 0 Å². The van der Waals surface area contributed by atoms with E-state index in [0.29, 0.717) is 16.7 Å². The summed E-state index contributed by atoms with van der Waals surface area (Å²) in [5.74, 6) is -3.05. The van der Waals surface area contributed by atoms with E-state index < -0.39 is 28.9 Å². The number of anilines is 1. The van der Waals surface area contributed by atoms with Crippen LogP contribution in [0.1, 0.15) is 26.3 Å². The SMILES string of the molecule is O=C(Nc1ccc(Cl)c(C(=O)c2ccc3ncc(-c4cccnc4)nc3c2)c1F)c1cccc(F)c1. The zero-order valence-corrected chi connectivity index (χ0v) is 19.1. The lowest BCUT2D eigenvalue weighted by Gasteiger charge is -2.12. The Balaban J connectivity index is 1.49. The third-order valence-electron chi connectivity index (χ3n) is 5.41. The van der Waals surface area contributed by atoms with Crippen molar-refractivity contribution in [2.24, 2.45) is 0 Å². The van der Waals surface area contributed by atoms with E-state index in [9.17, 15) is 14.0 Å². The van der Waals surface area contributed by atoms with Crippen molar-refractivity contribution in [3.8, 4) is 11.3 Å². The Morgan fingerprint density at radius 3 is 2.50 bits per heavy atom. The van der Waals surface area contributed by atoms with E-state index in [1.165, 1.54) is 42.5 Å². The molecule has 0 saturated heterocycles. The molecule has 0 aliphatic heterocycles. The Kier molecular flexibility index (Phi) is 6.18. The van der Waals surface area contributed by atoms with Gasteiger partial charge in [-0.3, -0.25) is 19.6 Å². The minimum Gasteiger partial charge on any atom is -0.319 e. The van der Waals surface area contributed by atoms with Gasteiger partial charge in [0.25, 0.3) is 5.91 Å². The predicted molar refractivity (Wildman–Crippen MR) is 132 cm³/mol. The fraction of sp³-hybridized carbons (Fsp3) is 0. The molecule has 0 aliphatic rings. The molecule has 9 heteroatoms. The number of hydrogen-bond acceptors (Lipinski definition) is 5. The highest BCUT2D eigenvalue weighted by Gasteiger charge is 2.22. The van der Waals surface area contributed by atoms with Crippen LogP contribution in [0, 0.1) is 11.6 Å². The standard InChI is InChI=1S/C27H15ClF2N4O2/c28-19-7-9-21(34-27(36)16-3-1-5-18(29)11-16)25(30)24(19)26(35)15-6-8-20-22(12-15)33-23(14-32-20)17-4-2-10-31-13-17/h1-14H,(H,34,36). The molecule has 36 heavy (non-hydrogen) atoms. The number of fused-ring (bicyclic) bond motifs is 1. The number of aromatic nitrogens is 3. The summed E-state index contributed by atoms with van der Waals surface area (Å²) in [7, 11) is 0. The van der Waals surface area contributed by atoms with E-state index in [1.807, 2.05) is 6.07 Å². The van der Waals surface area contributed by atoms with Gasteiger partial charge in [0, 0.05) is 29.1 Å². The van der Waals surface area contributed by atoms with Crippen LogP contribution >= 0.6 is 11.6 Å². The number of nitrogens with one attached hydrogen (secondary N) is 1. The lowest BCUT2D eigenvalue weighted by molar-refractivity contribution is 0.101. The molecule has 5 aromatic rings. The topological polar surface area (TPSA) is 84.8 Å². The summed E-state index contributed by atoms with van der Waals surface area (Å²) in [6.45, 7) is 0. The van der Waals surface area contributed by atoms with Gasteiger partial charge < -0.3 is 5.32 Å². The Bertz CT molecular complexity index is 1640. The van der Waals surface area contributed by atoms with Crippen LogP contribution in [-0.4, -0.2) is 26.6 Å². The summed E-state index contributed by atoms with van der Waals surface area (Å²) in [6.07, 6.45) is 4.88. The first-order valence-corrected chi connectivity index (χ1v) is 11.1. The largest absolute Gasteiger partial charge is 0.319 e. The predicted octanol–water partition coefficient (Wildman–Crippen LogP) is 6.11. The van der Waals surface area contributed by atoms with E-state index in [1.54, 1.807) is 30.7 Å². The van der Waals surface area contributed by atoms with Crippen molar-refractivity contribution in [2.75, 3.05) is 5.32 Å². The highest BCUT2D eigenvalue weighted by atomic mass is 35.5. The molecule has 1 N–H and O–H groups in total. The number of hydrogen-bond donors (Lipinski definition) is 1. The minimum absolute atomic E-state index is 0.00486. The molecule has 3 aromatic carbocycles. The number of rotatable bonds is 5. The molecule has 0 bridgehead atoms. The number of amides is 1. The number of pyridine rings is 1. The fourth-order valence-electron chi connectivity index (χ4n) is 3.63. The Hall–Kier alpha value is -4.56. The van der Waals surface area contributed by atoms with Crippen LogP contribution in [0.15, 0.2) is 85.3 Å². The number of nitrogens with zero attached hydrogens (tertiary/aromatic N) is 3. The number of ketones is 1. The second kappa shape index (κ2) is 9.59. The summed E-state index contributed by atoms with van der Waals surface area (Å²) in [6, 6.07) is 15.7. The van der Waals surface area contributed by atoms with Crippen molar-refractivity contribution >= 4 is 40.0 Å². The number of halogens is 3. The van der Waals surface area contributed by atoms with E-state index in [-0.39, 0.29) is 21.8 Å². The number of carbonyl (C=O) groups is 2. The molecule has 0 radical (unpaired) electrons. The molecule has 176 valence electrons. The first-order valence-electron chi connectivity index (χ1n) is 10.7. The van der Waals surface area contributed by atoms with Gasteiger partial charge in [-0.25, -0.2) is 13.8 Å². The zero-order chi connectivity index (χ0) is 25.2. The van der Waals surface area contributed by atoms with Gasteiger partial charge in [0.1, 0.15) is 5.82 Å². The molecule has 1 amide bonds. The normalized spacial score (nSPS) is 10.9. The zero-order valence-electron chi connectivity index (χ0n) is 18.4. The van der Waals surface area contributed by atoms with E-state index >= 15 is 4.39 Å². The average molecular weight is 501 g/mol. The van der Waals surface area contributed by atoms with Crippen molar-refractivity contribution in [3.63, 3.8) is 0 Å². The summed E-state index contributed by atoms with van der Waals surface area (Å²) in [4.78, 5) is 38.8. The number of benzene rings is 3. The third kappa shape index (κ3) is 4.54.